The number of carbonyl (C=O) groups excluding carboxylic acids is 1. The number of nitrogens with one attached hydrogen (secondary N) is 1. The highest BCUT2D eigenvalue weighted by atomic mass is 79.9. The SMILES string of the molecule is Nc1cc(Br)ccc1NC(=O)C(C(F)(F)F)C(F)(F)F. The Morgan fingerprint density at radius 2 is 1.65 bits per heavy atom. The normalized spacial score (nSPS) is 12.6. The van der Waals surface area contributed by atoms with Crippen LogP contribution >= 0.6 is 15.9 Å². The molecule has 3 N–H and O–H groups in total. The fourth-order valence-electron chi connectivity index (χ4n) is 1.34. The molecule has 0 radical (unpaired) electrons. The number of anilines is 2. The van der Waals surface area contributed by atoms with E-state index in [0.717, 1.165) is 6.07 Å². The van der Waals surface area contributed by atoms with Crippen molar-refractivity contribution in [3.63, 3.8) is 0 Å². The monoisotopic (exact) mass is 364 g/mol. The van der Waals surface area contributed by atoms with Crippen LogP contribution in [0.4, 0.5) is 37.7 Å². The van der Waals surface area contributed by atoms with E-state index in [1.54, 1.807) is 0 Å². The van der Waals surface area contributed by atoms with Crippen molar-refractivity contribution < 1.29 is 31.1 Å². The molecule has 3 nitrogen and oxygen atoms in total. The number of amides is 1. The maximum absolute atomic E-state index is 12.3. The van der Waals surface area contributed by atoms with E-state index in [0.29, 0.717) is 4.47 Å². The summed E-state index contributed by atoms with van der Waals surface area (Å²) in [5.74, 6) is -6.35. The first-order chi connectivity index (χ1) is 8.93. The smallest absolute Gasteiger partial charge is 0.397 e. The molecule has 0 bridgehead atoms. The summed E-state index contributed by atoms with van der Waals surface area (Å²) in [5.41, 5.74) is 4.87. The lowest BCUT2D eigenvalue weighted by atomic mass is 10.1. The summed E-state index contributed by atoms with van der Waals surface area (Å²) >= 11 is 3.00. The number of hydrogen-bond donors (Lipinski definition) is 2. The molecule has 0 saturated carbocycles. The van der Waals surface area contributed by atoms with Crippen LogP contribution in [0, 0.1) is 5.92 Å². The molecule has 0 unspecified atom stereocenters. The number of hydrogen-bond acceptors (Lipinski definition) is 2. The molecule has 0 aliphatic rings. The van der Waals surface area contributed by atoms with Crippen molar-refractivity contribution >= 4 is 33.2 Å². The quantitative estimate of drug-likeness (QED) is 0.620. The fraction of sp³-hybridized carbons (Fsp3) is 0.300. The predicted octanol–water partition coefficient (Wildman–Crippen LogP) is 3.71. The van der Waals surface area contributed by atoms with Crippen LogP contribution in [0.2, 0.25) is 0 Å². The van der Waals surface area contributed by atoms with Crippen LogP contribution in [0.15, 0.2) is 22.7 Å². The molecule has 0 aliphatic heterocycles. The molecule has 0 saturated heterocycles. The molecule has 0 fully saturated rings. The van der Waals surface area contributed by atoms with Crippen LogP contribution in [0.25, 0.3) is 0 Å². The van der Waals surface area contributed by atoms with Crippen molar-refractivity contribution in [1.82, 2.24) is 0 Å². The Bertz CT molecular complexity index is 499. The van der Waals surface area contributed by atoms with Crippen LogP contribution in [0.1, 0.15) is 0 Å². The minimum absolute atomic E-state index is 0.171. The van der Waals surface area contributed by atoms with Gasteiger partial charge in [0.05, 0.1) is 11.4 Å². The first-order valence-electron chi connectivity index (χ1n) is 4.92. The summed E-state index contributed by atoms with van der Waals surface area (Å²) in [6.45, 7) is 0. The highest BCUT2D eigenvalue weighted by Crippen LogP contribution is 2.40. The van der Waals surface area contributed by atoms with Crippen LogP contribution in [-0.2, 0) is 4.79 Å². The second-order valence-electron chi connectivity index (χ2n) is 3.74. The van der Waals surface area contributed by atoms with E-state index in [1.165, 1.54) is 17.4 Å². The average molecular weight is 365 g/mol. The highest BCUT2D eigenvalue weighted by molar-refractivity contribution is 9.10. The van der Waals surface area contributed by atoms with E-state index in [1.807, 2.05) is 0 Å². The van der Waals surface area contributed by atoms with Crippen LogP contribution < -0.4 is 11.1 Å². The minimum Gasteiger partial charge on any atom is -0.397 e. The van der Waals surface area contributed by atoms with Crippen molar-refractivity contribution in [2.75, 3.05) is 11.1 Å². The Labute approximate surface area is 117 Å². The molecule has 1 aromatic rings. The van der Waals surface area contributed by atoms with Gasteiger partial charge >= 0.3 is 12.4 Å². The number of rotatable bonds is 2. The van der Waals surface area contributed by atoms with Gasteiger partial charge in [-0.25, -0.2) is 0 Å². The van der Waals surface area contributed by atoms with E-state index < -0.39 is 24.2 Å². The fourth-order valence-corrected chi connectivity index (χ4v) is 1.71. The number of benzene rings is 1. The average Bonchev–Trinajstić information content (AvgIpc) is 2.17. The molecule has 0 aromatic heterocycles. The first kappa shape index (κ1) is 16.6. The van der Waals surface area contributed by atoms with E-state index in [-0.39, 0.29) is 11.4 Å². The maximum Gasteiger partial charge on any atom is 0.409 e. The van der Waals surface area contributed by atoms with Crippen molar-refractivity contribution in [2.24, 2.45) is 5.92 Å². The number of nitrogens with two attached hydrogens (primary N) is 1. The van der Waals surface area contributed by atoms with Gasteiger partial charge in [-0.15, -0.1) is 0 Å². The van der Waals surface area contributed by atoms with Crippen molar-refractivity contribution in [3.8, 4) is 0 Å². The molecule has 1 rings (SSSR count). The molecule has 0 atom stereocenters. The zero-order chi connectivity index (χ0) is 15.7. The van der Waals surface area contributed by atoms with Gasteiger partial charge in [-0.05, 0) is 18.2 Å². The molecule has 0 aliphatic carbocycles. The predicted molar refractivity (Wildman–Crippen MR) is 62.8 cm³/mol. The second-order valence-corrected chi connectivity index (χ2v) is 4.65. The third kappa shape index (κ3) is 4.02. The first-order valence-corrected chi connectivity index (χ1v) is 5.71. The molecule has 1 amide bonds. The van der Waals surface area contributed by atoms with Crippen LogP contribution in [0.5, 0.6) is 0 Å². The van der Waals surface area contributed by atoms with Gasteiger partial charge in [0.2, 0.25) is 11.8 Å². The number of halogens is 7. The third-order valence-corrected chi connectivity index (χ3v) is 2.68. The summed E-state index contributed by atoms with van der Waals surface area (Å²) < 4.78 is 74.3. The van der Waals surface area contributed by atoms with E-state index >= 15 is 0 Å². The Morgan fingerprint density at radius 1 is 1.15 bits per heavy atom. The van der Waals surface area contributed by atoms with Gasteiger partial charge in [-0.2, -0.15) is 26.3 Å². The molecule has 20 heavy (non-hydrogen) atoms. The molecular weight excluding hydrogens is 358 g/mol. The Balaban J connectivity index is 3.04. The second kappa shape index (κ2) is 5.51. The zero-order valence-corrected chi connectivity index (χ0v) is 11.0. The summed E-state index contributed by atoms with van der Waals surface area (Å²) in [6, 6.07) is 3.62. The number of nitrogen functional groups attached to an aromatic ring is 1. The number of carbonyl (C=O) groups is 1. The van der Waals surface area contributed by atoms with Gasteiger partial charge in [-0.3, -0.25) is 4.79 Å². The Morgan fingerprint density at radius 3 is 2.05 bits per heavy atom. The van der Waals surface area contributed by atoms with Gasteiger partial charge in [-0.1, -0.05) is 15.9 Å². The summed E-state index contributed by atoms with van der Waals surface area (Å²) in [5, 5.41) is 1.53. The lowest BCUT2D eigenvalue weighted by Crippen LogP contribution is -2.45. The summed E-state index contributed by atoms with van der Waals surface area (Å²) in [7, 11) is 0. The van der Waals surface area contributed by atoms with Crippen molar-refractivity contribution in [2.45, 2.75) is 12.4 Å². The third-order valence-electron chi connectivity index (χ3n) is 2.19. The van der Waals surface area contributed by atoms with Crippen molar-refractivity contribution in [3.05, 3.63) is 22.7 Å². The zero-order valence-electron chi connectivity index (χ0n) is 9.44. The molecule has 10 heteroatoms. The van der Waals surface area contributed by atoms with Gasteiger partial charge < -0.3 is 11.1 Å². The molecule has 0 heterocycles. The van der Waals surface area contributed by atoms with E-state index in [9.17, 15) is 31.1 Å². The van der Waals surface area contributed by atoms with Gasteiger partial charge in [0, 0.05) is 4.47 Å². The standard InChI is InChI=1S/C10H7BrF6N2O/c11-4-1-2-6(5(18)3-4)19-8(20)7(9(12,13)14)10(15,16)17/h1-3,7H,18H2,(H,19,20). The Kier molecular flexibility index (Phi) is 4.57. The topological polar surface area (TPSA) is 55.1 Å². The maximum atomic E-state index is 12.3. The lowest BCUT2D eigenvalue weighted by Gasteiger charge is -2.22. The molecule has 0 spiro atoms. The van der Waals surface area contributed by atoms with Crippen LogP contribution in [0.3, 0.4) is 0 Å². The Hall–Kier alpha value is -1.45. The number of alkyl halides is 6. The van der Waals surface area contributed by atoms with Crippen LogP contribution in [-0.4, -0.2) is 18.3 Å². The van der Waals surface area contributed by atoms with Gasteiger partial charge in [0.1, 0.15) is 0 Å². The largest absolute Gasteiger partial charge is 0.409 e. The summed E-state index contributed by atoms with van der Waals surface area (Å²) in [4.78, 5) is 11.2. The van der Waals surface area contributed by atoms with E-state index in [4.69, 9.17) is 5.73 Å². The minimum atomic E-state index is -5.74. The van der Waals surface area contributed by atoms with Gasteiger partial charge in [0.25, 0.3) is 0 Å². The lowest BCUT2D eigenvalue weighted by molar-refractivity contribution is -0.272. The highest BCUT2D eigenvalue weighted by Gasteiger charge is 2.61. The molecular formula is C10H7BrF6N2O. The van der Waals surface area contributed by atoms with Gasteiger partial charge in [0.15, 0.2) is 0 Å². The summed E-state index contributed by atoms with van der Waals surface area (Å²) in [6.07, 6.45) is -11.5. The van der Waals surface area contributed by atoms with Crippen molar-refractivity contribution in [1.29, 1.82) is 0 Å². The molecule has 1 aromatic carbocycles. The van der Waals surface area contributed by atoms with E-state index in [2.05, 4.69) is 15.9 Å². The molecule has 112 valence electrons.